The van der Waals surface area contributed by atoms with Crippen molar-refractivity contribution in [3.05, 3.63) is 29.8 Å². The number of amides is 1. The fraction of sp³-hybridized carbons (Fsp3) is 0.650. The van der Waals surface area contributed by atoms with E-state index in [1.165, 1.54) is 0 Å². The van der Waals surface area contributed by atoms with Gasteiger partial charge in [0.1, 0.15) is 13.6 Å². The van der Waals surface area contributed by atoms with E-state index in [0.29, 0.717) is 31.7 Å². The van der Waals surface area contributed by atoms with Crippen molar-refractivity contribution < 1.29 is 22.7 Å². The number of rotatable bonds is 2. The van der Waals surface area contributed by atoms with Gasteiger partial charge in [0, 0.05) is 18.1 Å². The number of nitrogens with one attached hydrogen (secondary N) is 1. The topological polar surface area (TPSA) is 84.9 Å². The van der Waals surface area contributed by atoms with Crippen molar-refractivity contribution in [1.29, 1.82) is 0 Å². The van der Waals surface area contributed by atoms with E-state index in [9.17, 15) is 13.2 Å². The maximum absolute atomic E-state index is 12.9. The van der Waals surface area contributed by atoms with E-state index < -0.39 is 27.6 Å². The minimum atomic E-state index is -3.40. The molecule has 9 heteroatoms. The normalized spacial score (nSPS) is 33.1. The molecule has 0 aromatic heterocycles. The van der Waals surface area contributed by atoms with Crippen molar-refractivity contribution in [3.63, 3.8) is 0 Å². The van der Waals surface area contributed by atoms with Gasteiger partial charge in [0.25, 0.3) is 5.91 Å². The molecule has 0 spiro atoms. The second-order valence-corrected chi connectivity index (χ2v) is 10.2. The molecule has 1 saturated carbocycles. The fourth-order valence-corrected chi connectivity index (χ4v) is 5.59. The van der Waals surface area contributed by atoms with E-state index in [0.717, 1.165) is 30.4 Å². The average molecular weight is 418 g/mol. The first kappa shape index (κ1) is 20.7. The Morgan fingerprint density at radius 3 is 2.66 bits per heavy atom. The number of hydrogen-bond donors (Lipinski definition) is 1. The Kier molecular flexibility index (Phi) is 5.65. The predicted octanol–water partition coefficient (Wildman–Crippen LogP) is 1.14. The summed E-state index contributed by atoms with van der Waals surface area (Å²) in [5.74, 6) is 0.878. The highest BCUT2D eigenvalue weighted by Crippen LogP contribution is 2.42. The Morgan fingerprint density at radius 2 is 1.93 bits per heavy atom. The third-order valence-corrected chi connectivity index (χ3v) is 7.05. The molecule has 1 saturated heterocycles. The lowest BCUT2D eigenvalue weighted by Gasteiger charge is -2.40. The van der Waals surface area contributed by atoms with Crippen LogP contribution in [-0.2, 0) is 19.6 Å². The van der Waals surface area contributed by atoms with Crippen LogP contribution in [0.15, 0.2) is 24.3 Å². The quantitative estimate of drug-likeness (QED) is 0.729. The Labute approximate surface area is 173 Å². The van der Waals surface area contributed by atoms with Crippen molar-refractivity contribution in [3.8, 4) is 5.75 Å². The van der Waals surface area contributed by atoms with E-state index in [1.54, 1.807) is 4.90 Å². The van der Waals surface area contributed by atoms with Gasteiger partial charge in [-0.2, -0.15) is 0 Å². The molecule has 2 atom stereocenters. The van der Waals surface area contributed by atoms with Crippen LogP contribution in [0, 0.1) is 0 Å². The van der Waals surface area contributed by atoms with Gasteiger partial charge in [-0.3, -0.25) is 4.79 Å². The number of para-hydroxylation sites is 1. The molecule has 1 aliphatic carbocycles. The first-order valence-corrected chi connectivity index (χ1v) is 12.0. The molecular formula is C20H27BN2O5S. The molecule has 2 bridgehead atoms. The highest BCUT2D eigenvalue weighted by Gasteiger charge is 2.41. The van der Waals surface area contributed by atoms with Gasteiger partial charge in [0.05, 0.1) is 18.9 Å². The Balaban J connectivity index is 1.63. The Bertz CT molecular complexity index is 869. The zero-order valence-electron chi connectivity index (χ0n) is 16.7. The lowest BCUT2D eigenvalue weighted by Crippen LogP contribution is -2.51. The fourth-order valence-electron chi connectivity index (χ4n) is 4.77. The van der Waals surface area contributed by atoms with Crippen LogP contribution in [0.3, 0.4) is 0 Å². The van der Waals surface area contributed by atoms with Crippen LogP contribution in [0.5, 0.6) is 5.75 Å². The van der Waals surface area contributed by atoms with Crippen LogP contribution in [0.25, 0.3) is 0 Å². The van der Waals surface area contributed by atoms with E-state index in [-0.39, 0.29) is 19.1 Å². The number of ether oxygens (including phenoxy) is 2. The van der Waals surface area contributed by atoms with Crippen LogP contribution in [-0.4, -0.2) is 70.7 Å². The van der Waals surface area contributed by atoms with Crippen molar-refractivity contribution in [2.45, 2.75) is 55.6 Å². The lowest BCUT2D eigenvalue weighted by molar-refractivity contribution is -0.136. The third-order valence-electron chi connectivity index (χ3n) is 6.32. The SMILES string of the molecule is [B]C12CCC(CC1)c1ccccc1OCC(=O)N1CC[C@H](NS(C)(=O)=O)[C@@H]1CO2. The molecule has 1 amide bonds. The van der Waals surface area contributed by atoms with E-state index >= 15 is 0 Å². The molecule has 7 nitrogen and oxygen atoms in total. The largest absolute Gasteiger partial charge is 0.483 e. The highest BCUT2D eigenvalue weighted by molar-refractivity contribution is 7.88. The van der Waals surface area contributed by atoms with E-state index in [2.05, 4.69) is 10.8 Å². The minimum absolute atomic E-state index is 0.0837. The van der Waals surface area contributed by atoms with Crippen molar-refractivity contribution in [1.82, 2.24) is 9.62 Å². The van der Waals surface area contributed by atoms with Crippen LogP contribution >= 0.6 is 0 Å². The second-order valence-electron chi connectivity index (χ2n) is 8.42. The summed E-state index contributed by atoms with van der Waals surface area (Å²) >= 11 is 0. The van der Waals surface area contributed by atoms with E-state index in [4.69, 9.17) is 17.3 Å². The maximum Gasteiger partial charge on any atom is 0.260 e. The summed E-state index contributed by atoms with van der Waals surface area (Å²) in [6.07, 6.45) is 4.83. The number of sulfonamides is 1. The lowest BCUT2D eigenvalue weighted by atomic mass is 9.66. The zero-order valence-corrected chi connectivity index (χ0v) is 17.5. The van der Waals surface area contributed by atoms with Gasteiger partial charge < -0.3 is 14.4 Å². The van der Waals surface area contributed by atoms with Crippen LogP contribution < -0.4 is 9.46 Å². The van der Waals surface area contributed by atoms with Crippen molar-refractivity contribution >= 4 is 23.8 Å². The predicted molar refractivity (Wildman–Crippen MR) is 109 cm³/mol. The molecule has 2 fully saturated rings. The monoisotopic (exact) mass is 418 g/mol. The first-order valence-electron chi connectivity index (χ1n) is 10.2. The summed E-state index contributed by atoms with van der Waals surface area (Å²) in [5, 5.41) is 0. The van der Waals surface area contributed by atoms with Crippen LogP contribution in [0.2, 0.25) is 0 Å². The third kappa shape index (κ3) is 4.62. The zero-order chi connectivity index (χ0) is 20.6. The summed E-state index contributed by atoms with van der Waals surface area (Å²) in [5.41, 5.74) is 0.351. The molecule has 1 aromatic carbocycles. The van der Waals surface area contributed by atoms with Gasteiger partial charge in [-0.25, -0.2) is 13.1 Å². The molecule has 1 aromatic rings. The summed E-state index contributed by atoms with van der Waals surface area (Å²) in [7, 11) is 3.13. The Morgan fingerprint density at radius 1 is 1.21 bits per heavy atom. The molecule has 156 valence electrons. The number of benzene rings is 1. The van der Waals surface area contributed by atoms with Crippen molar-refractivity contribution in [2.24, 2.45) is 0 Å². The number of carbonyl (C=O) groups excluding carboxylic acids is 1. The standard InChI is InChI=1S/C20H27BN2O5S/c1-29(25,26)22-16-8-11-23-17(16)12-28-20(21)9-6-14(7-10-20)15-4-2-3-5-18(15)27-13-19(23)24/h2-5,14,16-17,22H,6-13H2,1H3/t14?,16-,17-,20?/m0/s1. The minimum Gasteiger partial charge on any atom is -0.483 e. The van der Waals surface area contributed by atoms with E-state index in [1.807, 2.05) is 18.2 Å². The molecule has 3 heterocycles. The van der Waals surface area contributed by atoms with Gasteiger partial charge >= 0.3 is 0 Å². The number of fused-ring (bicyclic) bond motifs is 5. The Hall–Kier alpha value is -1.58. The van der Waals surface area contributed by atoms with Crippen molar-refractivity contribution in [2.75, 3.05) is 26.0 Å². The molecule has 3 aliphatic heterocycles. The molecule has 29 heavy (non-hydrogen) atoms. The molecule has 2 radical (unpaired) electrons. The summed E-state index contributed by atoms with van der Waals surface area (Å²) in [4.78, 5) is 14.6. The number of hydrogen-bond acceptors (Lipinski definition) is 5. The van der Waals surface area contributed by atoms with Gasteiger partial charge in [-0.1, -0.05) is 18.2 Å². The molecule has 1 N–H and O–H groups in total. The van der Waals surface area contributed by atoms with Gasteiger partial charge in [0.15, 0.2) is 6.61 Å². The summed E-state index contributed by atoms with van der Waals surface area (Å²) < 4.78 is 38.3. The molecule has 5 rings (SSSR count). The van der Waals surface area contributed by atoms with Gasteiger partial charge in [-0.05, 0) is 49.7 Å². The van der Waals surface area contributed by atoms with Crippen LogP contribution in [0.1, 0.15) is 43.6 Å². The second kappa shape index (κ2) is 7.93. The average Bonchev–Trinajstić information content (AvgIpc) is 3.06. The molecule has 0 unspecified atom stereocenters. The maximum atomic E-state index is 12.9. The summed E-state index contributed by atoms with van der Waals surface area (Å²) in [6, 6.07) is 7.05. The number of carbonyl (C=O) groups is 1. The number of nitrogens with zero attached hydrogens (tertiary/aromatic N) is 1. The van der Waals surface area contributed by atoms with Gasteiger partial charge in [-0.15, -0.1) is 0 Å². The highest BCUT2D eigenvalue weighted by atomic mass is 32.2. The smallest absolute Gasteiger partial charge is 0.260 e. The molecular weight excluding hydrogens is 391 g/mol. The van der Waals surface area contributed by atoms with Gasteiger partial charge in [0.2, 0.25) is 10.0 Å². The molecule has 4 aliphatic rings. The summed E-state index contributed by atoms with van der Waals surface area (Å²) in [6.45, 7) is 0.567. The van der Waals surface area contributed by atoms with Crippen LogP contribution in [0.4, 0.5) is 0 Å². The first-order chi connectivity index (χ1) is 13.7.